The van der Waals surface area contributed by atoms with E-state index in [4.69, 9.17) is 0 Å². The van der Waals surface area contributed by atoms with Crippen LogP contribution in [0.1, 0.15) is 36.5 Å². The topological polar surface area (TPSA) is 43.9 Å². The number of aryl methyl sites for hydroxylation is 1. The van der Waals surface area contributed by atoms with Crippen molar-refractivity contribution in [3.05, 3.63) is 71.3 Å². The number of hydrogen-bond acceptors (Lipinski definition) is 3. The molecule has 164 valence electrons. The Balaban J connectivity index is 1.45. The second-order valence-electron chi connectivity index (χ2n) is 9.01. The second kappa shape index (κ2) is 9.23. The lowest BCUT2D eigenvalue weighted by atomic mass is 9.71. The van der Waals surface area contributed by atoms with Crippen molar-refractivity contribution in [2.75, 3.05) is 39.3 Å². The Morgan fingerprint density at radius 2 is 1.52 bits per heavy atom. The van der Waals surface area contributed by atoms with Gasteiger partial charge in [0.05, 0.1) is 5.41 Å². The highest BCUT2D eigenvalue weighted by molar-refractivity contribution is 5.89. The molecular weight excluding hydrogens is 386 g/mol. The van der Waals surface area contributed by atoms with Gasteiger partial charge in [-0.3, -0.25) is 14.5 Å². The van der Waals surface area contributed by atoms with Crippen molar-refractivity contribution >= 4 is 11.8 Å². The van der Waals surface area contributed by atoms with Crippen molar-refractivity contribution in [2.24, 2.45) is 0 Å². The van der Waals surface area contributed by atoms with Gasteiger partial charge in [0.15, 0.2) is 0 Å². The fourth-order valence-corrected chi connectivity index (χ4v) is 5.07. The zero-order valence-corrected chi connectivity index (χ0v) is 18.7. The van der Waals surface area contributed by atoms with Crippen LogP contribution in [0.3, 0.4) is 0 Å². The molecule has 0 spiro atoms. The molecule has 2 amide bonds. The third-order valence-corrected chi connectivity index (χ3v) is 6.95. The highest BCUT2D eigenvalue weighted by Crippen LogP contribution is 2.38. The molecule has 2 heterocycles. The van der Waals surface area contributed by atoms with Gasteiger partial charge in [0.25, 0.3) is 0 Å². The second-order valence-corrected chi connectivity index (χ2v) is 9.01. The predicted molar refractivity (Wildman–Crippen MR) is 123 cm³/mol. The standard InChI is InChI=1S/C26H33N3O2/c1-21-7-6-8-23(19-21)20-27-15-17-29(18-16-27)25(31)26(24-9-4-3-5-10-24)11-13-28(14-12-26)22(2)30/h3-10,19H,11-18,20H2,1-2H3. The van der Waals surface area contributed by atoms with E-state index >= 15 is 0 Å². The minimum atomic E-state index is -0.522. The number of hydrogen-bond donors (Lipinski definition) is 0. The summed E-state index contributed by atoms with van der Waals surface area (Å²) in [4.78, 5) is 32.1. The Kier molecular flexibility index (Phi) is 6.42. The van der Waals surface area contributed by atoms with Gasteiger partial charge in [-0.2, -0.15) is 0 Å². The fraction of sp³-hybridized carbons (Fsp3) is 0.462. The molecule has 2 saturated heterocycles. The first-order chi connectivity index (χ1) is 15.0. The van der Waals surface area contributed by atoms with Gasteiger partial charge in [0.2, 0.25) is 11.8 Å². The SMILES string of the molecule is CC(=O)N1CCC(C(=O)N2CCN(Cc3cccc(C)c3)CC2)(c2ccccc2)CC1. The molecule has 0 saturated carbocycles. The van der Waals surface area contributed by atoms with Crippen LogP contribution in [0.2, 0.25) is 0 Å². The quantitative estimate of drug-likeness (QED) is 0.764. The van der Waals surface area contributed by atoms with Crippen molar-refractivity contribution in [3.8, 4) is 0 Å². The highest BCUT2D eigenvalue weighted by Gasteiger charge is 2.45. The maximum atomic E-state index is 13.9. The molecule has 0 radical (unpaired) electrons. The molecule has 2 aliphatic rings. The van der Waals surface area contributed by atoms with E-state index in [0.29, 0.717) is 25.9 Å². The smallest absolute Gasteiger partial charge is 0.233 e. The van der Waals surface area contributed by atoms with Gasteiger partial charge in [-0.1, -0.05) is 60.2 Å². The number of carbonyl (C=O) groups is 2. The molecule has 2 fully saturated rings. The molecule has 5 nitrogen and oxygen atoms in total. The number of piperazine rings is 1. The normalized spacial score (nSPS) is 19.3. The molecule has 5 heteroatoms. The van der Waals surface area contributed by atoms with E-state index in [-0.39, 0.29) is 11.8 Å². The van der Waals surface area contributed by atoms with Crippen molar-refractivity contribution in [2.45, 2.75) is 38.6 Å². The van der Waals surface area contributed by atoms with Gasteiger partial charge in [-0.25, -0.2) is 0 Å². The number of likely N-dealkylation sites (tertiary alicyclic amines) is 1. The van der Waals surface area contributed by atoms with Crippen molar-refractivity contribution in [3.63, 3.8) is 0 Å². The van der Waals surface area contributed by atoms with Crippen LogP contribution in [-0.2, 0) is 21.5 Å². The predicted octanol–water partition coefficient (Wildman–Crippen LogP) is 3.22. The molecular formula is C26H33N3O2. The molecule has 0 atom stereocenters. The molecule has 2 aromatic carbocycles. The van der Waals surface area contributed by atoms with Gasteiger partial charge in [0.1, 0.15) is 0 Å². The van der Waals surface area contributed by atoms with Crippen molar-refractivity contribution < 1.29 is 9.59 Å². The van der Waals surface area contributed by atoms with Gasteiger partial charge in [-0.05, 0) is 30.9 Å². The third kappa shape index (κ3) is 4.67. The lowest BCUT2D eigenvalue weighted by Gasteiger charge is -2.45. The summed E-state index contributed by atoms with van der Waals surface area (Å²) in [5.41, 5.74) is 3.18. The summed E-state index contributed by atoms with van der Waals surface area (Å²) < 4.78 is 0. The number of rotatable bonds is 4. The number of amides is 2. The Hall–Kier alpha value is -2.66. The number of piperidine rings is 1. The summed E-state index contributed by atoms with van der Waals surface area (Å²) in [7, 11) is 0. The third-order valence-electron chi connectivity index (χ3n) is 6.95. The van der Waals surface area contributed by atoms with E-state index in [2.05, 4.69) is 53.1 Å². The summed E-state index contributed by atoms with van der Waals surface area (Å²) in [6.07, 6.45) is 1.39. The zero-order chi connectivity index (χ0) is 21.8. The van der Waals surface area contributed by atoms with Gasteiger partial charge < -0.3 is 9.80 Å². The summed E-state index contributed by atoms with van der Waals surface area (Å²) in [5.74, 6) is 0.330. The maximum absolute atomic E-state index is 13.9. The van der Waals surface area contributed by atoms with Crippen LogP contribution in [0, 0.1) is 6.92 Å². The molecule has 0 bridgehead atoms. The van der Waals surface area contributed by atoms with Gasteiger partial charge in [0, 0.05) is 52.7 Å². The minimum Gasteiger partial charge on any atom is -0.343 e. The largest absolute Gasteiger partial charge is 0.343 e. The molecule has 2 aliphatic heterocycles. The van der Waals surface area contributed by atoms with Crippen LogP contribution in [0.25, 0.3) is 0 Å². The fourth-order valence-electron chi connectivity index (χ4n) is 5.07. The molecule has 2 aromatic rings. The van der Waals surface area contributed by atoms with E-state index < -0.39 is 5.41 Å². The van der Waals surface area contributed by atoms with E-state index in [0.717, 1.165) is 38.3 Å². The van der Waals surface area contributed by atoms with Crippen LogP contribution in [0.4, 0.5) is 0 Å². The van der Waals surface area contributed by atoms with E-state index in [1.54, 1.807) is 6.92 Å². The minimum absolute atomic E-state index is 0.0962. The van der Waals surface area contributed by atoms with Gasteiger partial charge >= 0.3 is 0 Å². The summed E-state index contributed by atoms with van der Waals surface area (Å²) in [6.45, 7) is 9.26. The average molecular weight is 420 g/mol. The summed E-state index contributed by atoms with van der Waals surface area (Å²) in [5, 5.41) is 0. The van der Waals surface area contributed by atoms with Crippen molar-refractivity contribution in [1.29, 1.82) is 0 Å². The Labute approximate surface area is 185 Å². The van der Waals surface area contributed by atoms with E-state index in [1.807, 2.05) is 23.1 Å². The molecule has 0 aliphatic carbocycles. The lowest BCUT2D eigenvalue weighted by Crippen LogP contribution is -2.57. The number of benzene rings is 2. The average Bonchev–Trinajstić information content (AvgIpc) is 2.80. The molecule has 0 aromatic heterocycles. The number of carbonyl (C=O) groups excluding carboxylic acids is 2. The summed E-state index contributed by atoms with van der Waals surface area (Å²) >= 11 is 0. The molecule has 0 unspecified atom stereocenters. The Bertz CT molecular complexity index is 911. The van der Waals surface area contributed by atoms with Gasteiger partial charge in [-0.15, -0.1) is 0 Å². The van der Waals surface area contributed by atoms with E-state index in [9.17, 15) is 9.59 Å². The monoisotopic (exact) mass is 419 g/mol. The molecule has 31 heavy (non-hydrogen) atoms. The number of nitrogens with zero attached hydrogens (tertiary/aromatic N) is 3. The first-order valence-corrected chi connectivity index (χ1v) is 11.4. The van der Waals surface area contributed by atoms with Crippen LogP contribution >= 0.6 is 0 Å². The molecule has 4 rings (SSSR count). The van der Waals surface area contributed by atoms with Crippen molar-refractivity contribution in [1.82, 2.24) is 14.7 Å². The Morgan fingerprint density at radius 1 is 0.839 bits per heavy atom. The zero-order valence-electron chi connectivity index (χ0n) is 18.7. The van der Waals surface area contributed by atoms with Crippen LogP contribution in [0.15, 0.2) is 54.6 Å². The van der Waals surface area contributed by atoms with E-state index in [1.165, 1.54) is 11.1 Å². The first-order valence-electron chi connectivity index (χ1n) is 11.4. The summed E-state index contributed by atoms with van der Waals surface area (Å²) in [6, 6.07) is 18.8. The molecule has 0 N–H and O–H groups in total. The highest BCUT2D eigenvalue weighted by atomic mass is 16.2. The maximum Gasteiger partial charge on any atom is 0.233 e. The van der Waals surface area contributed by atoms with Crippen LogP contribution in [0.5, 0.6) is 0 Å². The first kappa shape index (κ1) is 21.6. The van der Waals surface area contributed by atoms with Crippen LogP contribution < -0.4 is 0 Å². The van der Waals surface area contributed by atoms with Crippen LogP contribution in [-0.4, -0.2) is 65.8 Å². The lowest BCUT2D eigenvalue weighted by molar-refractivity contribution is -0.144. The Morgan fingerprint density at radius 3 is 2.13 bits per heavy atom.